The number of nitriles is 1. The van der Waals surface area contributed by atoms with Gasteiger partial charge in [0.1, 0.15) is 28.3 Å². The average Bonchev–Trinajstić information content (AvgIpc) is 2.94. The van der Waals surface area contributed by atoms with E-state index in [1.165, 1.54) is 6.07 Å². The summed E-state index contributed by atoms with van der Waals surface area (Å²) in [7, 11) is 0. The van der Waals surface area contributed by atoms with Crippen LogP contribution >= 0.6 is 15.9 Å². The Kier molecular flexibility index (Phi) is 4.39. The molecule has 0 spiro atoms. The Morgan fingerprint density at radius 2 is 1.93 bits per heavy atom. The molecule has 4 rings (SSSR count). The van der Waals surface area contributed by atoms with Gasteiger partial charge in [-0.05, 0) is 40.2 Å². The van der Waals surface area contributed by atoms with Crippen molar-refractivity contribution >= 4 is 21.8 Å². The van der Waals surface area contributed by atoms with E-state index in [0.29, 0.717) is 17.9 Å². The van der Waals surface area contributed by atoms with Gasteiger partial charge in [0, 0.05) is 22.9 Å². The molecule has 0 atom stereocenters. The number of hydrogen-bond acceptors (Lipinski definition) is 5. The minimum absolute atomic E-state index is 0.000572. The van der Waals surface area contributed by atoms with E-state index in [1.54, 1.807) is 18.2 Å². The number of amides is 1. The predicted octanol–water partition coefficient (Wildman–Crippen LogP) is 4.26. The third-order valence-electron chi connectivity index (χ3n) is 6.17. The van der Waals surface area contributed by atoms with Crippen LogP contribution in [0.5, 0.6) is 11.5 Å². The molecule has 6 nitrogen and oxygen atoms in total. The van der Waals surface area contributed by atoms with E-state index in [2.05, 4.69) is 48.6 Å². The highest BCUT2D eigenvalue weighted by Crippen LogP contribution is 2.59. The van der Waals surface area contributed by atoms with Gasteiger partial charge in [-0.15, -0.1) is 0 Å². The number of fused-ring (bicyclic) bond motifs is 1. The SMILES string of the molecule is CC1(C)[C@H](Oc2ccc(C#N)c(O)c2)C(C)(C)[C@H]1N1Cc2nc(Br)ccc2C1=O. The highest BCUT2D eigenvalue weighted by atomic mass is 79.9. The predicted molar refractivity (Wildman–Crippen MR) is 110 cm³/mol. The van der Waals surface area contributed by atoms with E-state index in [1.807, 2.05) is 17.0 Å². The molecule has 1 aliphatic carbocycles. The number of benzene rings is 1. The first-order valence-electron chi connectivity index (χ1n) is 9.43. The number of carbonyl (C=O) groups is 1. The van der Waals surface area contributed by atoms with E-state index in [-0.39, 0.29) is 40.2 Å². The van der Waals surface area contributed by atoms with E-state index in [4.69, 9.17) is 10.00 Å². The quantitative estimate of drug-likeness (QED) is 0.698. The maximum absolute atomic E-state index is 13.1. The van der Waals surface area contributed by atoms with Crippen molar-refractivity contribution in [2.24, 2.45) is 10.8 Å². The van der Waals surface area contributed by atoms with Crippen LogP contribution in [0.3, 0.4) is 0 Å². The fraction of sp³-hybridized carbons (Fsp3) is 0.409. The van der Waals surface area contributed by atoms with Gasteiger partial charge >= 0.3 is 0 Å². The van der Waals surface area contributed by atoms with Crippen LogP contribution in [0, 0.1) is 22.2 Å². The summed E-state index contributed by atoms with van der Waals surface area (Å²) in [5, 5.41) is 19.0. The number of phenols is 1. The van der Waals surface area contributed by atoms with Gasteiger partial charge in [-0.3, -0.25) is 4.79 Å². The van der Waals surface area contributed by atoms with Crippen molar-refractivity contribution in [3.05, 3.63) is 51.8 Å². The molecular weight excluding hydrogens is 434 g/mol. The molecule has 0 unspecified atom stereocenters. The first-order valence-corrected chi connectivity index (χ1v) is 10.2. The molecule has 2 heterocycles. The summed E-state index contributed by atoms with van der Waals surface area (Å²) in [6.45, 7) is 8.86. The molecule has 1 fully saturated rings. The number of ether oxygens (including phenoxy) is 1. The van der Waals surface area contributed by atoms with Crippen LogP contribution in [-0.4, -0.2) is 33.0 Å². The summed E-state index contributed by atoms with van der Waals surface area (Å²) in [5.41, 5.74) is 1.02. The van der Waals surface area contributed by atoms with Crippen LogP contribution < -0.4 is 4.74 Å². The summed E-state index contributed by atoms with van der Waals surface area (Å²) in [6.07, 6.45) is -0.177. The molecule has 0 saturated heterocycles. The fourth-order valence-electron chi connectivity index (χ4n) is 5.42. The fourth-order valence-corrected chi connectivity index (χ4v) is 5.76. The van der Waals surface area contributed by atoms with Crippen molar-refractivity contribution in [3.8, 4) is 17.6 Å². The summed E-state index contributed by atoms with van der Waals surface area (Å²) in [5.74, 6) is 0.409. The van der Waals surface area contributed by atoms with Gasteiger partial charge in [0.05, 0.1) is 23.4 Å². The van der Waals surface area contributed by atoms with Crippen LogP contribution in [0.1, 0.15) is 49.3 Å². The second-order valence-electron chi connectivity index (χ2n) is 8.90. The van der Waals surface area contributed by atoms with Crippen molar-refractivity contribution in [1.82, 2.24) is 9.88 Å². The van der Waals surface area contributed by atoms with E-state index in [0.717, 1.165) is 10.3 Å². The Morgan fingerprint density at radius 3 is 2.55 bits per heavy atom. The third-order valence-corrected chi connectivity index (χ3v) is 6.61. The van der Waals surface area contributed by atoms with Crippen LogP contribution in [0.2, 0.25) is 0 Å². The number of rotatable bonds is 3. The molecule has 1 aliphatic heterocycles. The van der Waals surface area contributed by atoms with Crippen LogP contribution in [0.4, 0.5) is 0 Å². The monoisotopic (exact) mass is 455 g/mol. The number of aromatic nitrogens is 1. The molecule has 7 heteroatoms. The van der Waals surface area contributed by atoms with Crippen molar-refractivity contribution in [1.29, 1.82) is 5.26 Å². The van der Waals surface area contributed by atoms with Crippen molar-refractivity contribution in [2.45, 2.75) is 46.4 Å². The molecule has 1 saturated carbocycles. The largest absolute Gasteiger partial charge is 0.506 e. The smallest absolute Gasteiger partial charge is 0.256 e. The molecule has 0 radical (unpaired) electrons. The molecule has 2 aliphatic rings. The standard InChI is InChI=1S/C22H22BrN3O3/c1-21(2)19(26-11-15-14(18(26)28)7-8-17(23)25-15)22(3,4)20(21)29-13-6-5-12(10-24)16(27)9-13/h5-9,19-20,27H,11H2,1-4H3/t19-,20-. The van der Waals surface area contributed by atoms with Gasteiger partial charge in [-0.25, -0.2) is 4.98 Å². The van der Waals surface area contributed by atoms with Crippen LogP contribution in [-0.2, 0) is 6.54 Å². The lowest BCUT2D eigenvalue weighted by Crippen LogP contribution is -2.74. The number of nitrogens with zero attached hydrogens (tertiary/aromatic N) is 3. The Hall–Kier alpha value is -2.59. The van der Waals surface area contributed by atoms with Gasteiger partial charge < -0.3 is 14.7 Å². The topological polar surface area (TPSA) is 86.4 Å². The average molecular weight is 456 g/mol. The number of carbonyl (C=O) groups excluding carboxylic acids is 1. The second-order valence-corrected chi connectivity index (χ2v) is 9.71. The van der Waals surface area contributed by atoms with Gasteiger partial charge in [0.25, 0.3) is 5.91 Å². The molecule has 1 amide bonds. The molecular formula is C22H22BrN3O3. The molecule has 1 aromatic carbocycles. The third kappa shape index (κ3) is 2.89. The van der Waals surface area contributed by atoms with E-state index in [9.17, 15) is 9.90 Å². The highest BCUT2D eigenvalue weighted by molar-refractivity contribution is 9.10. The minimum atomic E-state index is -0.318. The Balaban J connectivity index is 1.60. The summed E-state index contributed by atoms with van der Waals surface area (Å²) >= 11 is 3.38. The molecule has 1 N–H and O–H groups in total. The lowest BCUT2D eigenvalue weighted by molar-refractivity contribution is -0.199. The first kappa shape index (κ1) is 19.7. The van der Waals surface area contributed by atoms with Crippen LogP contribution in [0.15, 0.2) is 34.9 Å². The number of pyridine rings is 1. The Labute approximate surface area is 178 Å². The number of phenolic OH excluding ortho intramolecular Hbond substituents is 1. The maximum atomic E-state index is 13.1. The van der Waals surface area contributed by atoms with Gasteiger partial charge in [-0.1, -0.05) is 27.7 Å². The Morgan fingerprint density at radius 1 is 1.24 bits per heavy atom. The van der Waals surface area contributed by atoms with Gasteiger partial charge in [-0.2, -0.15) is 5.26 Å². The number of aromatic hydroxyl groups is 1. The first-order chi connectivity index (χ1) is 13.6. The molecule has 150 valence electrons. The lowest BCUT2D eigenvalue weighted by Gasteiger charge is -2.65. The van der Waals surface area contributed by atoms with Crippen LogP contribution in [0.25, 0.3) is 0 Å². The zero-order chi connectivity index (χ0) is 21.1. The van der Waals surface area contributed by atoms with E-state index < -0.39 is 0 Å². The molecule has 29 heavy (non-hydrogen) atoms. The van der Waals surface area contributed by atoms with Crippen molar-refractivity contribution in [2.75, 3.05) is 0 Å². The highest BCUT2D eigenvalue weighted by Gasteiger charge is 2.67. The van der Waals surface area contributed by atoms with E-state index >= 15 is 0 Å². The number of hydrogen-bond donors (Lipinski definition) is 1. The summed E-state index contributed by atoms with van der Waals surface area (Å²) in [4.78, 5) is 19.4. The summed E-state index contributed by atoms with van der Waals surface area (Å²) in [6, 6.07) is 10.2. The maximum Gasteiger partial charge on any atom is 0.256 e. The lowest BCUT2D eigenvalue weighted by atomic mass is 9.49. The normalized spacial score (nSPS) is 23.9. The number of halogens is 1. The second kappa shape index (κ2) is 6.46. The zero-order valence-corrected chi connectivity index (χ0v) is 18.3. The Bertz CT molecular complexity index is 1040. The van der Waals surface area contributed by atoms with Gasteiger partial charge in [0.15, 0.2) is 0 Å². The summed E-state index contributed by atoms with van der Waals surface area (Å²) < 4.78 is 6.97. The van der Waals surface area contributed by atoms with Crippen molar-refractivity contribution < 1.29 is 14.6 Å². The molecule has 1 aromatic heterocycles. The molecule has 0 bridgehead atoms. The zero-order valence-electron chi connectivity index (χ0n) is 16.7. The minimum Gasteiger partial charge on any atom is -0.506 e. The van der Waals surface area contributed by atoms with Crippen molar-refractivity contribution in [3.63, 3.8) is 0 Å². The van der Waals surface area contributed by atoms with Gasteiger partial charge in [0.2, 0.25) is 0 Å². The molecule has 2 aromatic rings.